The number of nitrogens with zero attached hydrogens (tertiary/aromatic N) is 1. The van der Waals surface area contributed by atoms with E-state index in [2.05, 4.69) is 9.71 Å². The van der Waals surface area contributed by atoms with Crippen molar-refractivity contribution in [3.8, 4) is 5.75 Å². The van der Waals surface area contributed by atoms with E-state index in [-0.39, 0.29) is 17.3 Å². The van der Waals surface area contributed by atoms with Gasteiger partial charge in [0.25, 0.3) is 10.0 Å². The summed E-state index contributed by atoms with van der Waals surface area (Å²) in [5.74, 6) is 0.366. The number of carbonyl (C=O) groups is 1. The van der Waals surface area contributed by atoms with Gasteiger partial charge in [0.1, 0.15) is 12.4 Å². The number of anilines is 1. The van der Waals surface area contributed by atoms with Crippen LogP contribution in [0.5, 0.6) is 5.75 Å². The fraction of sp³-hybridized carbons (Fsp3) is 0.238. The highest BCUT2D eigenvalue weighted by atomic mass is 32.2. The quantitative estimate of drug-likeness (QED) is 0.650. The van der Waals surface area contributed by atoms with Crippen LogP contribution in [0.3, 0.4) is 0 Å². The van der Waals surface area contributed by atoms with Gasteiger partial charge in [-0.25, -0.2) is 8.42 Å². The number of pyridine rings is 1. The Bertz CT molecular complexity index is 1120. The Morgan fingerprint density at radius 1 is 1.07 bits per heavy atom. The number of rotatable bonds is 7. The first-order valence-corrected chi connectivity index (χ1v) is 10.4. The first kappa shape index (κ1) is 19.8. The minimum absolute atomic E-state index is 0.0380. The van der Waals surface area contributed by atoms with E-state index in [1.54, 1.807) is 43.3 Å². The third-order valence-electron chi connectivity index (χ3n) is 4.27. The van der Waals surface area contributed by atoms with Gasteiger partial charge in [0.2, 0.25) is 0 Å². The summed E-state index contributed by atoms with van der Waals surface area (Å²) in [7, 11) is -3.80. The molecule has 3 rings (SSSR count). The van der Waals surface area contributed by atoms with Crippen molar-refractivity contribution in [2.45, 2.75) is 32.1 Å². The van der Waals surface area contributed by atoms with Crippen molar-refractivity contribution in [1.82, 2.24) is 4.98 Å². The minimum atomic E-state index is -3.80. The number of sulfonamides is 1. The molecule has 2 aromatic carbocycles. The molecular formula is C21H22N2O4S. The van der Waals surface area contributed by atoms with Gasteiger partial charge < -0.3 is 4.74 Å². The lowest BCUT2D eigenvalue weighted by Crippen LogP contribution is -2.14. The van der Waals surface area contributed by atoms with Crippen LogP contribution in [-0.4, -0.2) is 25.8 Å². The van der Waals surface area contributed by atoms with E-state index < -0.39 is 10.0 Å². The number of aromatic nitrogens is 1. The normalized spacial score (nSPS) is 11.4. The monoisotopic (exact) mass is 398 g/mol. The second-order valence-electron chi connectivity index (χ2n) is 6.59. The van der Waals surface area contributed by atoms with Crippen molar-refractivity contribution in [2.24, 2.45) is 0 Å². The van der Waals surface area contributed by atoms with Crippen molar-refractivity contribution in [1.29, 1.82) is 0 Å². The van der Waals surface area contributed by atoms with Crippen molar-refractivity contribution >= 4 is 32.4 Å². The second kappa shape index (κ2) is 7.98. The lowest BCUT2D eigenvalue weighted by molar-refractivity contribution is -0.120. The molecule has 0 amide bonds. The summed E-state index contributed by atoms with van der Waals surface area (Å²) in [4.78, 5) is 16.2. The molecule has 0 aliphatic rings. The number of Topliss-reactive ketones (excluding diaryl/α,β-unsaturated/α-hetero) is 1. The highest BCUT2D eigenvalue weighted by Gasteiger charge is 2.17. The Hall–Kier alpha value is -2.93. The molecule has 0 unspecified atom stereocenters. The fourth-order valence-electron chi connectivity index (χ4n) is 2.65. The molecule has 0 aliphatic carbocycles. The summed E-state index contributed by atoms with van der Waals surface area (Å²) in [5, 5.41) is 0.716. The molecule has 146 valence electrons. The van der Waals surface area contributed by atoms with Crippen LogP contribution in [0.15, 0.2) is 53.4 Å². The molecule has 0 bridgehead atoms. The molecular weight excluding hydrogens is 376 g/mol. The molecule has 7 heteroatoms. The first-order chi connectivity index (χ1) is 13.3. The fourth-order valence-corrected chi connectivity index (χ4v) is 3.71. The third-order valence-corrected chi connectivity index (χ3v) is 5.66. The van der Waals surface area contributed by atoms with E-state index in [1.165, 1.54) is 0 Å². The van der Waals surface area contributed by atoms with Gasteiger partial charge in [-0.1, -0.05) is 30.7 Å². The molecule has 0 saturated heterocycles. The van der Waals surface area contributed by atoms with Crippen molar-refractivity contribution in [2.75, 3.05) is 11.3 Å². The molecule has 3 aromatic rings. The zero-order valence-electron chi connectivity index (χ0n) is 16.0. The Labute approximate surface area is 164 Å². The number of carbonyl (C=O) groups excluding carboxylic acids is 1. The van der Waals surface area contributed by atoms with Crippen molar-refractivity contribution in [3.05, 3.63) is 59.8 Å². The number of hydrogen-bond donors (Lipinski definition) is 1. The van der Waals surface area contributed by atoms with E-state index in [0.29, 0.717) is 28.8 Å². The zero-order chi connectivity index (χ0) is 20.3. The SMILES string of the molecule is CCC(=O)COc1cc(NS(=O)(=O)c2ccc(C)cc2)c2nc(C)ccc2c1. The number of fused-ring (bicyclic) bond motifs is 1. The number of ether oxygens (including phenoxy) is 1. The molecule has 0 aliphatic heterocycles. The van der Waals surface area contributed by atoms with Gasteiger partial charge >= 0.3 is 0 Å². The van der Waals surface area contributed by atoms with Gasteiger partial charge in [-0.05, 0) is 38.1 Å². The van der Waals surface area contributed by atoms with E-state index in [4.69, 9.17) is 4.74 Å². The van der Waals surface area contributed by atoms with E-state index in [1.807, 2.05) is 26.0 Å². The van der Waals surface area contributed by atoms with Gasteiger partial charge in [0.05, 0.1) is 16.1 Å². The summed E-state index contributed by atoms with van der Waals surface area (Å²) in [6.45, 7) is 5.43. The smallest absolute Gasteiger partial charge is 0.261 e. The topological polar surface area (TPSA) is 85.4 Å². The first-order valence-electron chi connectivity index (χ1n) is 8.94. The lowest BCUT2D eigenvalue weighted by Gasteiger charge is -2.13. The van der Waals surface area contributed by atoms with E-state index in [0.717, 1.165) is 11.3 Å². The van der Waals surface area contributed by atoms with Gasteiger partial charge in [0.15, 0.2) is 5.78 Å². The Morgan fingerprint density at radius 2 is 1.79 bits per heavy atom. The average molecular weight is 398 g/mol. The molecule has 6 nitrogen and oxygen atoms in total. The largest absolute Gasteiger partial charge is 0.486 e. The summed E-state index contributed by atoms with van der Waals surface area (Å²) in [6, 6.07) is 13.6. The number of ketones is 1. The lowest BCUT2D eigenvalue weighted by atomic mass is 10.1. The van der Waals surface area contributed by atoms with Crippen LogP contribution in [0.1, 0.15) is 24.6 Å². The highest BCUT2D eigenvalue weighted by molar-refractivity contribution is 7.92. The van der Waals surface area contributed by atoms with Crippen LogP contribution in [-0.2, 0) is 14.8 Å². The predicted molar refractivity (Wildman–Crippen MR) is 109 cm³/mol. The summed E-state index contributed by atoms with van der Waals surface area (Å²) >= 11 is 0. The standard InChI is InChI=1S/C21H22N2O4S/c1-4-17(24)13-27-18-11-16-8-7-15(3)22-21(16)20(12-18)23-28(25,26)19-9-5-14(2)6-10-19/h5-12,23H,4,13H2,1-3H3. The van der Waals surface area contributed by atoms with Crippen molar-refractivity contribution < 1.29 is 17.9 Å². The van der Waals surface area contributed by atoms with Gasteiger partial charge in [0, 0.05) is 23.6 Å². The number of aryl methyl sites for hydroxylation is 2. The summed E-state index contributed by atoms with van der Waals surface area (Å²) in [5.41, 5.74) is 2.56. The maximum atomic E-state index is 12.8. The molecule has 0 radical (unpaired) electrons. The molecule has 0 atom stereocenters. The number of benzene rings is 2. The Morgan fingerprint density at radius 3 is 2.46 bits per heavy atom. The molecule has 28 heavy (non-hydrogen) atoms. The van der Waals surface area contributed by atoms with Gasteiger partial charge in [-0.2, -0.15) is 0 Å². The van der Waals surface area contributed by atoms with Gasteiger partial charge in [-0.3, -0.25) is 14.5 Å². The molecule has 0 saturated carbocycles. The zero-order valence-corrected chi connectivity index (χ0v) is 16.8. The van der Waals surface area contributed by atoms with Crippen LogP contribution in [0, 0.1) is 13.8 Å². The van der Waals surface area contributed by atoms with Crippen LogP contribution in [0.25, 0.3) is 10.9 Å². The number of nitrogens with one attached hydrogen (secondary N) is 1. The second-order valence-corrected chi connectivity index (χ2v) is 8.28. The van der Waals surface area contributed by atoms with Crippen LogP contribution in [0.2, 0.25) is 0 Å². The number of hydrogen-bond acceptors (Lipinski definition) is 5. The molecule has 1 N–H and O–H groups in total. The summed E-state index contributed by atoms with van der Waals surface area (Å²) in [6.07, 6.45) is 0.376. The Balaban J connectivity index is 2.03. The summed E-state index contributed by atoms with van der Waals surface area (Å²) < 4.78 is 33.8. The van der Waals surface area contributed by atoms with Gasteiger partial charge in [-0.15, -0.1) is 0 Å². The van der Waals surface area contributed by atoms with E-state index in [9.17, 15) is 13.2 Å². The van der Waals surface area contributed by atoms with E-state index >= 15 is 0 Å². The van der Waals surface area contributed by atoms with Crippen LogP contribution < -0.4 is 9.46 Å². The molecule has 1 aromatic heterocycles. The maximum Gasteiger partial charge on any atom is 0.261 e. The molecule has 1 heterocycles. The van der Waals surface area contributed by atoms with Crippen LogP contribution in [0.4, 0.5) is 5.69 Å². The molecule has 0 fully saturated rings. The average Bonchev–Trinajstić information content (AvgIpc) is 2.66. The Kier molecular flexibility index (Phi) is 5.65. The highest BCUT2D eigenvalue weighted by Crippen LogP contribution is 2.30. The molecule has 0 spiro atoms. The minimum Gasteiger partial charge on any atom is -0.486 e. The third kappa shape index (κ3) is 4.48. The predicted octanol–water partition coefficient (Wildman–Crippen LogP) is 4.01. The maximum absolute atomic E-state index is 12.8. The van der Waals surface area contributed by atoms with Crippen molar-refractivity contribution in [3.63, 3.8) is 0 Å². The van der Waals surface area contributed by atoms with Crippen LogP contribution >= 0.6 is 0 Å².